The van der Waals surface area contributed by atoms with Crippen LogP contribution in [0.5, 0.6) is 0 Å². The van der Waals surface area contributed by atoms with Crippen molar-refractivity contribution in [3.05, 3.63) is 34.6 Å². The lowest BCUT2D eigenvalue weighted by Gasteiger charge is -2.14. The number of aryl methyl sites for hydroxylation is 1. The number of nitrogens with one attached hydrogen (secondary N) is 1. The molecule has 2 rings (SSSR count). The Morgan fingerprint density at radius 2 is 2.12 bits per heavy atom. The topological polar surface area (TPSA) is 123 Å². The van der Waals surface area contributed by atoms with Gasteiger partial charge in [-0.3, -0.25) is 9.59 Å². The van der Waals surface area contributed by atoms with Crippen molar-refractivity contribution in [2.45, 2.75) is 25.9 Å². The molecule has 0 spiro atoms. The van der Waals surface area contributed by atoms with Gasteiger partial charge >= 0.3 is 5.97 Å². The molecule has 128 valence electrons. The zero-order chi connectivity index (χ0) is 17.5. The van der Waals surface area contributed by atoms with Crippen LogP contribution in [0, 0.1) is 0 Å². The minimum atomic E-state index is -1.13. The van der Waals surface area contributed by atoms with Crippen LogP contribution in [-0.2, 0) is 20.9 Å². The molecule has 1 aromatic carbocycles. The van der Waals surface area contributed by atoms with Crippen LogP contribution in [0.1, 0.15) is 13.3 Å². The predicted octanol–water partition coefficient (Wildman–Crippen LogP) is -0.778. The molecule has 2 N–H and O–H groups in total. The molecule has 0 saturated heterocycles. The molecular formula is C15H18N4O5. The van der Waals surface area contributed by atoms with Crippen LogP contribution in [-0.4, -0.2) is 51.2 Å². The second-order valence-electron chi connectivity index (χ2n) is 4.94. The molecule has 9 heteroatoms. The van der Waals surface area contributed by atoms with Crippen LogP contribution in [0.25, 0.3) is 10.9 Å². The molecule has 0 unspecified atom stereocenters. The van der Waals surface area contributed by atoms with E-state index in [-0.39, 0.29) is 25.1 Å². The maximum absolute atomic E-state index is 12.2. The molecule has 0 saturated carbocycles. The quantitative estimate of drug-likeness (QED) is 0.637. The molecule has 0 aliphatic heterocycles. The van der Waals surface area contributed by atoms with Crippen molar-refractivity contribution in [1.82, 2.24) is 20.3 Å². The first kappa shape index (κ1) is 17.5. The van der Waals surface area contributed by atoms with Crippen molar-refractivity contribution in [1.29, 1.82) is 0 Å². The van der Waals surface area contributed by atoms with Crippen LogP contribution in [0.2, 0.25) is 0 Å². The van der Waals surface area contributed by atoms with Gasteiger partial charge in [-0.1, -0.05) is 17.3 Å². The number of ether oxygens (including phenoxy) is 1. The summed E-state index contributed by atoms with van der Waals surface area (Å²) in [6.45, 7) is 1.20. The molecule has 1 heterocycles. The number of carbonyl (C=O) groups is 2. The van der Waals surface area contributed by atoms with Crippen LogP contribution in [0.15, 0.2) is 29.1 Å². The molecule has 0 fully saturated rings. The Kier molecular flexibility index (Phi) is 5.96. The summed E-state index contributed by atoms with van der Waals surface area (Å²) in [5.74, 6) is -1.22. The lowest BCUT2D eigenvalue weighted by Crippen LogP contribution is -2.44. The van der Waals surface area contributed by atoms with Crippen molar-refractivity contribution in [3.63, 3.8) is 0 Å². The zero-order valence-electron chi connectivity index (χ0n) is 13.1. The summed E-state index contributed by atoms with van der Waals surface area (Å²) in [6.07, 6.45) is -0.0944. The summed E-state index contributed by atoms with van der Waals surface area (Å²) < 4.78 is 5.82. The molecular weight excluding hydrogens is 316 g/mol. The van der Waals surface area contributed by atoms with E-state index in [2.05, 4.69) is 15.6 Å². The first-order valence-corrected chi connectivity index (χ1v) is 7.46. The highest BCUT2D eigenvalue weighted by Crippen LogP contribution is 2.03. The lowest BCUT2D eigenvalue weighted by atomic mass is 10.2. The number of hydrogen-bond donors (Lipinski definition) is 2. The Labute approximate surface area is 137 Å². The van der Waals surface area contributed by atoms with Gasteiger partial charge in [0.15, 0.2) is 6.04 Å². The minimum absolute atomic E-state index is 0.00345. The van der Waals surface area contributed by atoms with Crippen LogP contribution in [0.4, 0.5) is 0 Å². The first-order valence-electron chi connectivity index (χ1n) is 7.46. The summed E-state index contributed by atoms with van der Waals surface area (Å²) in [6, 6.07) is 5.64. The van der Waals surface area contributed by atoms with Gasteiger partial charge in [-0.15, -0.1) is 5.10 Å². The van der Waals surface area contributed by atoms with Crippen molar-refractivity contribution < 1.29 is 19.4 Å². The second-order valence-corrected chi connectivity index (χ2v) is 4.94. The second kappa shape index (κ2) is 8.16. The fraction of sp³-hybridized carbons (Fsp3) is 0.400. The van der Waals surface area contributed by atoms with Gasteiger partial charge in [-0.25, -0.2) is 9.48 Å². The van der Waals surface area contributed by atoms with Gasteiger partial charge in [0.2, 0.25) is 5.91 Å². The van der Waals surface area contributed by atoms with Crippen molar-refractivity contribution >= 4 is 22.8 Å². The highest BCUT2D eigenvalue weighted by molar-refractivity contribution is 5.84. The number of carbonyl (C=O) groups excluding carboxylic acids is 2. The highest BCUT2D eigenvalue weighted by atomic mass is 16.5. The molecule has 1 amide bonds. The minimum Gasteiger partial charge on any atom is -0.464 e. The SMILES string of the molecule is CCOC(=O)[C@@H](CO)NC(=O)CCn1nnc2ccccc2c1=O. The Balaban J connectivity index is 2.00. The number of hydrogen-bond acceptors (Lipinski definition) is 7. The Bertz CT molecular complexity index is 789. The van der Waals surface area contributed by atoms with Crippen molar-refractivity contribution in [3.8, 4) is 0 Å². The Hall–Kier alpha value is -2.81. The third-order valence-corrected chi connectivity index (χ3v) is 3.27. The van der Waals surface area contributed by atoms with Crippen LogP contribution >= 0.6 is 0 Å². The number of amides is 1. The van der Waals surface area contributed by atoms with Gasteiger partial charge < -0.3 is 15.2 Å². The smallest absolute Gasteiger partial charge is 0.331 e. The first-order chi connectivity index (χ1) is 11.6. The van der Waals surface area contributed by atoms with Crippen LogP contribution in [0.3, 0.4) is 0 Å². The van der Waals surface area contributed by atoms with E-state index in [0.717, 1.165) is 4.68 Å². The number of aliphatic hydroxyl groups excluding tert-OH is 1. The van der Waals surface area contributed by atoms with Gasteiger partial charge in [0.1, 0.15) is 5.52 Å². The van der Waals surface area contributed by atoms with E-state index in [0.29, 0.717) is 10.9 Å². The number of aliphatic hydroxyl groups is 1. The summed E-state index contributed by atoms with van der Waals surface area (Å²) in [7, 11) is 0. The maximum atomic E-state index is 12.2. The lowest BCUT2D eigenvalue weighted by molar-refractivity contribution is -0.148. The summed E-state index contributed by atoms with van der Waals surface area (Å²) in [5.41, 5.74) is 0.128. The predicted molar refractivity (Wildman–Crippen MR) is 84.1 cm³/mol. The summed E-state index contributed by atoms with van der Waals surface area (Å²) >= 11 is 0. The van der Waals surface area contributed by atoms with Crippen molar-refractivity contribution in [2.24, 2.45) is 0 Å². The van der Waals surface area contributed by atoms with Crippen LogP contribution < -0.4 is 10.9 Å². The molecule has 0 aliphatic carbocycles. The molecule has 1 atom stereocenters. The molecule has 2 aromatic rings. The number of fused-ring (bicyclic) bond motifs is 1. The molecule has 9 nitrogen and oxygen atoms in total. The number of aromatic nitrogens is 3. The molecule has 0 radical (unpaired) electrons. The Morgan fingerprint density at radius 3 is 2.83 bits per heavy atom. The van der Waals surface area contributed by atoms with E-state index in [1.807, 2.05) is 0 Å². The van der Waals surface area contributed by atoms with E-state index in [9.17, 15) is 14.4 Å². The van der Waals surface area contributed by atoms with E-state index >= 15 is 0 Å². The maximum Gasteiger partial charge on any atom is 0.331 e. The zero-order valence-corrected chi connectivity index (χ0v) is 13.1. The number of rotatable bonds is 7. The number of esters is 1. The molecule has 0 bridgehead atoms. The van der Waals surface area contributed by atoms with Gasteiger partial charge in [-0.05, 0) is 19.1 Å². The fourth-order valence-corrected chi connectivity index (χ4v) is 2.07. The number of nitrogens with zero attached hydrogens (tertiary/aromatic N) is 3. The summed E-state index contributed by atoms with van der Waals surface area (Å²) in [4.78, 5) is 35.6. The van der Waals surface area contributed by atoms with Gasteiger partial charge in [0.05, 0.1) is 25.1 Å². The van der Waals surface area contributed by atoms with E-state index in [1.54, 1.807) is 31.2 Å². The normalized spacial score (nSPS) is 11.9. The van der Waals surface area contributed by atoms with Gasteiger partial charge in [0.25, 0.3) is 5.56 Å². The standard InChI is InChI=1S/C15H18N4O5/c1-2-24-15(23)12(9-20)16-13(21)7-8-19-14(22)10-5-3-4-6-11(10)17-18-19/h3-6,12,20H,2,7-9H2,1H3,(H,16,21)/t12-/m1/s1. The molecule has 24 heavy (non-hydrogen) atoms. The molecule has 0 aliphatic rings. The Morgan fingerprint density at radius 1 is 1.38 bits per heavy atom. The monoisotopic (exact) mass is 334 g/mol. The van der Waals surface area contributed by atoms with E-state index < -0.39 is 24.5 Å². The third kappa shape index (κ3) is 4.13. The highest BCUT2D eigenvalue weighted by Gasteiger charge is 2.21. The molecule has 1 aromatic heterocycles. The fourth-order valence-electron chi connectivity index (χ4n) is 2.07. The largest absolute Gasteiger partial charge is 0.464 e. The van der Waals surface area contributed by atoms with Gasteiger partial charge in [-0.2, -0.15) is 0 Å². The van der Waals surface area contributed by atoms with E-state index in [4.69, 9.17) is 9.84 Å². The van der Waals surface area contributed by atoms with E-state index in [1.165, 1.54) is 0 Å². The van der Waals surface area contributed by atoms with Gasteiger partial charge in [0, 0.05) is 6.42 Å². The average Bonchev–Trinajstić information content (AvgIpc) is 2.59. The van der Waals surface area contributed by atoms with Crippen molar-refractivity contribution in [2.75, 3.05) is 13.2 Å². The average molecular weight is 334 g/mol. The third-order valence-electron chi connectivity index (χ3n) is 3.27. The number of benzene rings is 1. The summed E-state index contributed by atoms with van der Waals surface area (Å²) in [5, 5.41) is 19.6.